The third-order valence-corrected chi connectivity index (χ3v) is 3.53. The lowest BCUT2D eigenvalue weighted by atomic mass is 9.86. The predicted octanol–water partition coefficient (Wildman–Crippen LogP) is 4.17. The van der Waals surface area contributed by atoms with Crippen molar-refractivity contribution in [3.8, 4) is 0 Å². The molecule has 0 aromatic heterocycles. The van der Waals surface area contributed by atoms with Crippen molar-refractivity contribution in [1.29, 1.82) is 0 Å². The van der Waals surface area contributed by atoms with Crippen molar-refractivity contribution < 1.29 is 0 Å². The van der Waals surface area contributed by atoms with E-state index in [1.165, 1.54) is 24.0 Å². The lowest BCUT2D eigenvalue weighted by Gasteiger charge is -2.20. The molecular formula is C17H22N2. The second-order valence-corrected chi connectivity index (χ2v) is 4.99. The first-order valence-corrected chi connectivity index (χ1v) is 6.92. The monoisotopic (exact) mass is 254 g/mol. The average Bonchev–Trinajstić information content (AvgIpc) is 2.42. The summed E-state index contributed by atoms with van der Waals surface area (Å²) in [6.07, 6.45) is 3.51. The van der Waals surface area contributed by atoms with Crippen LogP contribution in [0.25, 0.3) is 0 Å². The van der Waals surface area contributed by atoms with Crippen molar-refractivity contribution in [2.75, 3.05) is 11.5 Å². The molecule has 100 valence electrons. The molecule has 0 saturated carbocycles. The molecular weight excluding hydrogens is 232 g/mol. The zero-order chi connectivity index (χ0) is 13.7. The fourth-order valence-corrected chi connectivity index (χ4v) is 2.51. The second-order valence-electron chi connectivity index (χ2n) is 4.99. The van der Waals surface area contributed by atoms with Gasteiger partial charge in [0.05, 0.1) is 0 Å². The van der Waals surface area contributed by atoms with Gasteiger partial charge in [-0.15, -0.1) is 0 Å². The van der Waals surface area contributed by atoms with Crippen molar-refractivity contribution in [3.05, 3.63) is 59.7 Å². The van der Waals surface area contributed by atoms with Crippen molar-refractivity contribution in [3.63, 3.8) is 0 Å². The van der Waals surface area contributed by atoms with Crippen LogP contribution in [0, 0.1) is 0 Å². The largest absolute Gasteiger partial charge is 0.399 e. The molecule has 0 aliphatic carbocycles. The summed E-state index contributed by atoms with van der Waals surface area (Å²) in [7, 11) is 0. The zero-order valence-corrected chi connectivity index (χ0v) is 11.5. The maximum atomic E-state index is 6.15. The SMILES string of the molecule is CCCCC(c1ccccc1)c1ccc(N)cc1N. The number of unbranched alkanes of at least 4 members (excludes halogenated alkanes) is 1. The van der Waals surface area contributed by atoms with Gasteiger partial charge in [0, 0.05) is 17.3 Å². The molecule has 1 unspecified atom stereocenters. The van der Waals surface area contributed by atoms with Crippen molar-refractivity contribution in [2.45, 2.75) is 32.1 Å². The van der Waals surface area contributed by atoms with Crippen LogP contribution >= 0.6 is 0 Å². The Morgan fingerprint density at radius 2 is 1.74 bits per heavy atom. The second kappa shape index (κ2) is 6.28. The Labute approximate surface area is 115 Å². The molecule has 0 spiro atoms. The average molecular weight is 254 g/mol. The molecule has 2 rings (SSSR count). The highest BCUT2D eigenvalue weighted by Gasteiger charge is 2.16. The fourth-order valence-electron chi connectivity index (χ4n) is 2.51. The molecule has 1 atom stereocenters. The number of nitrogens with two attached hydrogens (primary N) is 2. The highest BCUT2D eigenvalue weighted by atomic mass is 14.6. The quantitative estimate of drug-likeness (QED) is 0.787. The van der Waals surface area contributed by atoms with Crippen molar-refractivity contribution in [1.82, 2.24) is 0 Å². The zero-order valence-electron chi connectivity index (χ0n) is 11.5. The van der Waals surface area contributed by atoms with Gasteiger partial charge in [-0.05, 0) is 29.7 Å². The summed E-state index contributed by atoms with van der Waals surface area (Å²) in [6, 6.07) is 16.4. The normalized spacial score (nSPS) is 12.3. The number of benzene rings is 2. The summed E-state index contributed by atoms with van der Waals surface area (Å²) in [5, 5.41) is 0. The molecule has 0 heterocycles. The molecule has 0 bridgehead atoms. The smallest absolute Gasteiger partial charge is 0.0373 e. The number of nitrogen functional groups attached to an aromatic ring is 2. The first-order chi connectivity index (χ1) is 9.22. The Hall–Kier alpha value is -1.96. The minimum Gasteiger partial charge on any atom is -0.399 e. The van der Waals surface area contributed by atoms with Gasteiger partial charge in [0.2, 0.25) is 0 Å². The summed E-state index contributed by atoms with van der Waals surface area (Å²) in [4.78, 5) is 0. The van der Waals surface area contributed by atoms with Gasteiger partial charge in [0.25, 0.3) is 0 Å². The summed E-state index contributed by atoms with van der Waals surface area (Å²) in [6.45, 7) is 2.22. The summed E-state index contributed by atoms with van der Waals surface area (Å²) < 4.78 is 0. The van der Waals surface area contributed by atoms with Crippen molar-refractivity contribution in [2.24, 2.45) is 0 Å². The Morgan fingerprint density at radius 1 is 1.00 bits per heavy atom. The minimum absolute atomic E-state index is 0.363. The number of hydrogen-bond donors (Lipinski definition) is 2. The number of rotatable bonds is 5. The van der Waals surface area contributed by atoms with Crippen LogP contribution in [0.4, 0.5) is 11.4 Å². The number of anilines is 2. The van der Waals surface area contributed by atoms with Gasteiger partial charge in [-0.25, -0.2) is 0 Å². The minimum atomic E-state index is 0.363. The Balaban J connectivity index is 2.37. The van der Waals surface area contributed by atoms with Gasteiger partial charge < -0.3 is 11.5 Å². The van der Waals surface area contributed by atoms with Gasteiger partial charge in [-0.1, -0.05) is 56.2 Å². The standard InChI is InChI=1S/C17H22N2/c1-2-3-9-15(13-7-5-4-6-8-13)16-11-10-14(18)12-17(16)19/h4-8,10-12,15H,2-3,9,18-19H2,1H3. The molecule has 19 heavy (non-hydrogen) atoms. The summed E-state index contributed by atoms with van der Waals surface area (Å²) in [5.41, 5.74) is 16.0. The van der Waals surface area contributed by atoms with E-state index < -0.39 is 0 Å². The van der Waals surface area contributed by atoms with Crippen LogP contribution in [0.1, 0.15) is 43.2 Å². The van der Waals surface area contributed by atoms with E-state index >= 15 is 0 Å². The first-order valence-electron chi connectivity index (χ1n) is 6.92. The van der Waals surface area contributed by atoms with E-state index in [0.29, 0.717) is 5.92 Å². The predicted molar refractivity (Wildman–Crippen MR) is 83.1 cm³/mol. The molecule has 0 radical (unpaired) electrons. The van der Waals surface area contributed by atoms with Gasteiger partial charge >= 0.3 is 0 Å². The topological polar surface area (TPSA) is 52.0 Å². The van der Waals surface area contributed by atoms with Crippen LogP contribution < -0.4 is 11.5 Å². The molecule has 0 amide bonds. The molecule has 0 saturated heterocycles. The molecule has 2 nitrogen and oxygen atoms in total. The molecule has 2 heteroatoms. The van der Waals surface area contributed by atoms with E-state index in [9.17, 15) is 0 Å². The Morgan fingerprint density at radius 3 is 2.37 bits per heavy atom. The molecule has 4 N–H and O–H groups in total. The van der Waals surface area contributed by atoms with E-state index in [-0.39, 0.29) is 0 Å². The molecule has 0 fully saturated rings. The van der Waals surface area contributed by atoms with Crippen LogP contribution in [0.15, 0.2) is 48.5 Å². The molecule has 0 aliphatic rings. The van der Waals surface area contributed by atoms with Gasteiger partial charge in [0.15, 0.2) is 0 Å². The summed E-state index contributed by atoms with van der Waals surface area (Å²) in [5.74, 6) is 0.363. The fraction of sp³-hybridized carbons (Fsp3) is 0.294. The maximum Gasteiger partial charge on any atom is 0.0373 e. The van der Waals surface area contributed by atoms with E-state index in [2.05, 4.69) is 37.3 Å². The van der Waals surface area contributed by atoms with Crippen LogP contribution in [-0.2, 0) is 0 Å². The third kappa shape index (κ3) is 3.28. The maximum absolute atomic E-state index is 6.15. The lowest BCUT2D eigenvalue weighted by Crippen LogP contribution is -2.05. The highest BCUT2D eigenvalue weighted by molar-refractivity contribution is 5.59. The highest BCUT2D eigenvalue weighted by Crippen LogP contribution is 2.34. The van der Waals surface area contributed by atoms with Crippen LogP contribution in [0.5, 0.6) is 0 Å². The lowest BCUT2D eigenvalue weighted by molar-refractivity contribution is 0.651. The van der Waals surface area contributed by atoms with E-state index in [1.54, 1.807) is 0 Å². The van der Waals surface area contributed by atoms with Gasteiger partial charge in [-0.2, -0.15) is 0 Å². The van der Waals surface area contributed by atoms with E-state index in [0.717, 1.165) is 17.8 Å². The number of hydrogen-bond acceptors (Lipinski definition) is 2. The van der Waals surface area contributed by atoms with Crippen LogP contribution in [0.2, 0.25) is 0 Å². The van der Waals surface area contributed by atoms with E-state index in [4.69, 9.17) is 11.5 Å². The summed E-state index contributed by atoms with van der Waals surface area (Å²) >= 11 is 0. The van der Waals surface area contributed by atoms with E-state index in [1.807, 2.05) is 18.2 Å². The molecule has 2 aromatic rings. The third-order valence-electron chi connectivity index (χ3n) is 3.53. The van der Waals surface area contributed by atoms with Crippen LogP contribution in [0.3, 0.4) is 0 Å². The Bertz CT molecular complexity index is 520. The van der Waals surface area contributed by atoms with Gasteiger partial charge in [-0.3, -0.25) is 0 Å². The Kier molecular flexibility index (Phi) is 4.45. The molecule has 2 aromatic carbocycles. The van der Waals surface area contributed by atoms with Crippen molar-refractivity contribution >= 4 is 11.4 Å². The first kappa shape index (κ1) is 13.5. The molecule has 0 aliphatic heterocycles. The van der Waals surface area contributed by atoms with Crippen LogP contribution in [-0.4, -0.2) is 0 Å². The van der Waals surface area contributed by atoms with Gasteiger partial charge in [0.1, 0.15) is 0 Å².